The van der Waals surface area contributed by atoms with Crippen LogP contribution in [-0.4, -0.2) is 39.1 Å². The number of nitrogens with zero attached hydrogens (tertiary/aromatic N) is 1. The molecule has 0 unspecified atom stereocenters. The molecule has 1 rings (SSSR count). The average Bonchev–Trinajstić information content (AvgIpc) is 2.35. The molecule has 0 aliphatic rings. The van der Waals surface area contributed by atoms with Crippen molar-refractivity contribution < 1.29 is 14.3 Å². The number of carbonyl (C=O) groups excluding carboxylic acids is 1. The number of carbonyl (C=O) groups is 1. The Hall–Kier alpha value is -1.71. The highest BCUT2D eigenvalue weighted by Crippen LogP contribution is 2.27. The molecule has 0 heterocycles. The van der Waals surface area contributed by atoms with E-state index in [4.69, 9.17) is 9.47 Å². The second kappa shape index (κ2) is 6.00. The van der Waals surface area contributed by atoms with Crippen molar-refractivity contribution in [2.75, 3.05) is 27.8 Å². The smallest absolute Gasteiger partial charge is 0.209 e. The topological polar surface area (TPSA) is 38.8 Å². The molecule has 0 aliphatic heterocycles. The Morgan fingerprint density at radius 2 is 1.94 bits per heavy atom. The summed E-state index contributed by atoms with van der Waals surface area (Å²) in [7, 11) is 4.98. The molecule has 0 aromatic heterocycles. The summed E-state index contributed by atoms with van der Waals surface area (Å²) < 4.78 is 10.3. The molecule has 88 valence electrons. The number of hydrogen-bond acceptors (Lipinski definition) is 3. The second-order valence-electron chi connectivity index (χ2n) is 3.53. The zero-order valence-corrected chi connectivity index (χ0v) is 9.90. The van der Waals surface area contributed by atoms with Crippen molar-refractivity contribution in [2.45, 2.75) is 6.42 Å². The van der Waals surface area contributed by atoms with E-state index in [-0.39, 0.29) is 0 Å². The van der Waals surface area contributed by atoms with Gasteiger partial charge in [0.1, 0.15) is 0 Å². The molecule has 0 fully saturated rings. The molecule has 1 aromatic rings. The van der Waals surface area contributed by atoms with E-state index in [0.717, 1.165) is 24.1 Å². The molecule has 0 radical (unpaired) electrons. The van der Waals surface area contributed by atoms with Gasteiger partial charge in [-0.2, -0.15) is 0 Å². The normalized spacial score (nSPS) is 9.69. The van der Waals surface area contributed by atoms with Crippen molar-refractivity contribution in [2.24, 2.45) is 0 Å². The third-order valence-corrected chi connectivity index (χ3v) is 2.38. The minimum absolute atomic E-state index is 0.693. The van der Waals surface area contributed by atoms with E-state index in [9.17, 15) is 4.79 Å². The van der Waals surface area contributed by atoms with Gasteiger partial charge in [0.2, 0.25) is 6.41 Å². The van der Waals surface area contributed by atoms with Gasteiger partial charge in [-0.05, 0) is 24.1 Å². The van der Waals surface area contributed by atoms with Crippen LogP contribution < -0.4 is 9.47 Å². The molecule has 1 amide bonds. The van der Waals surface area contributed by atoms with E-state index in [1.807, 2.05) is 18.2 Å². The van der Waals surface area contributed by atoms with Gasteiger partial charge < -0.3 is 14.4 Å². The zero-order valence-electron chi connectivity index (χ0n) is 9.90. The quantitative estimate of drug-likeness (QED) is 0.683. The van der Waals surface area contributed by atoms with Crippen molar-refractivity contribution in [3.05, 3.63) is 23.8 Å². The third-order valence-electron chi connectivity index (χ3n) is 2.38. The van der Waals surface area contributed by atoms with Crippen LogP contribution in [0.15, 0.2) is 18.2 Å². The van der Waals surface area contributed by atoms with Gasteiger partial charge in [0.25, 0.3) is 0 Å². The molecule has 1 aromatic carbocycles. The van der Waals surface area contributed by atoms with Crippen LogP contribution in [0.1, 0.15) is 5.56 Å². The molecular weight excluding hydrogens is 206 g/mol. The Kier molecular flexibility index (Phi) is 4.64. The molecule has 4 nitrogen and oxygen atoms in total. The molecule has 0 bridgehead atoms. The molecule has 0 saturated carbocycles. The number of benzene rings is 1. The predicted molar refractivity (Wildman–Crippen MR) is 61.9 cm³/mol. The number of likely N-dealkylation sites (N-methyl/N-ethyl adjacent to an activating group) is 1. The lowest BCUT2D eigenvalue weighted by Crippen LogP contribution is -2.18. The van der Waals surface area contributed by atoms with Crippen LogP contribution >= 0.6 is 0 Å². The molecule has 4 heteroatoms. The summed E-state index contributed by atoms with van der Waals surface area (Å²) in [5.41, 5.74) is 1.12. The first-order valence-corrected chi connectivity index (χ1v) is 5.07. The second-order valence-corrected chi connectivity index (χ2v) is 3.53. The van der Waals surface area contributed by atoms with E-state index in [1.165, 1.54) is 0 Å². The summed E-state index contributed by atoms with van der Waals surface area (Å²) in [4.78, 5) is 12.0. The Morgan fingerprint density at radius 3 is 2.50 bits per heavy atom. The van der Waals surface area contributed by atoms with E-state index in [2.05, 4.69) is 0 Å². The van der Waals surface area contributed by atoms with Gasteiger partial charge in [-0.25, -0.2) is 0 Å². The van der Waals surface area contributed by atoms with Gasteiger partial charge >= 0.3 is 0 Å². The van der Waals surface area contributed by atoms with E-state index in [0.29, 0.717) is 12.3 Å². The average molecular weight is 223 g/mol. The number of hydrogen-bond donors (Lipinski definition) is 0. The van der Waals surface area contributed by atoms with Crippen LogP contribution in [0.4, 0.5) is 0 Å². The highest BCUT2D eigenvalue weighted by molar-refractivity contribution is 5.46. The SMILES string of the molecule is COc1ccc(CCN(C)C=O)cc1OC. The van der Waals surface area contributed by atoms with Crippen LogP contribution in [0.2, 0.25) is 0 Å². The maximum atomic E-state index is 10.4. The van der Waals surface area contributed by atoms with Crippen LogP contribution in [0.3, 0.4) is 0 Å². The Balaban J connectivity index is 2.71. The lowest BCUT2D eigenvalue weighted by molar-refractivity contribution is -0.116. The first-order valence-electron chi connectivity index (χ1n) is 5.07. The van der Waals surface area contributed by atoms with Crippen molar-refractivity contribution >= 4 is 6.41 Å². The standard InChI is InChI=1S/C12H17NO3/c1-13(9-14)7-6-10-4-5-11(15-2)12(8-10)16-3/h4-5,8-9H,6-7H2,1-3H3. The number of methoxy groups -OCH3 is 2. The minimum Gasteiger partial charge on any atom is -0.493 e. The predicted octanol–water partition coefficient (Wildman–Crippen LogP) is 1.33. The zero-order chi connectivity index (χ0) is 12.0. The highest BCUT2D eigenvalue weighted by Gasteiger charge is 2.04. The van der Waals surface area contributed by atoms with Gasteiger partial charge in [0.05, 0.1) is 14.2 Å². The van der Waals surface area contributed by atoms with Crippen molar-refractivity contribution in [1.29, 1.82) is 0 Å². The van der Waals surface area contributed by atoms with E-state index >= 15 is 0 Å². The summed E-state index contributed by atoms with van der Waals surface area (Å²) in [6, 6.07) is 5.77. The summed E-state index contributed by atoms with van der Waals surface area (Å²) >= 11 is 0. The molecular formula is C12H17NO3. The molecule has 0 aliphatic carbocycles. The molecule has 0 N–H and O–H groups in total. The van der Waals surface area contributed by atoms with Gasteiger partial charge in [-0.15, -0.1) is 0 Å². The summed E-state index contributed by atoms with van der Waals surface area (Å²) in [6.45, 7) is 0.693. The fourth-order valence-corrected chi connectivity index (χ4v) is 1.39. The van der Waals surface area contributed by atoms with E-state index < -0.39 is 0 Å². The van der Waals surface area contributed by atoms with Crippen LogP contribution in [0.5, 0.6) is 11.5 Å². The van der Waals surface area contributed by atoms with Gasteiger partial charge in [0.15, 0.2) is 11.5 Å². The Labute approximate surface area is 95.8 Å². The van der Waals surface area contributed by atoms with Gasteiger partial charge in [-0.1, -0.05) is 6.07 Å². The van der Waals surface area contributed by atoms with Crippen LogP contribution in [0.25, 0.3) is 0 Å². The molecule has 0 saturated heterocycles. The number of amides is 1. The summed E-state index contributed by atoms with van der Waals surface area (Å²) in [5, 5.41) is 0. The van der Waals surface area contributed by atoms with Crippen molar-refractivity contribution in [1.82, 2.24) is 4.90 Å². The monoisotopic (exact) mass is 223 g/mol. The van der Waals surface area contributed by atoms with Crippen molar-refractivity contribution in [3.8, 4) is 11.5 Å². The van der Waals surface area contributed by atoms with Crippen LogP contribution in [-0.2, 0) is 11.2 Å². The van der Waals surface area contributed by atoms with Crippen LogP contribution in [0, 0.1) is 0 Å². The lowest BCUT2D eigenvalue weighted by Gasteiger charge is -2.12. The number of rotatable bonds is 6. The first-order chi connectivity index (χ1) is 7.71. The maximum Gasteiger partial charge on any atom is 0.209 e. The molecule has 0 atom stereocenters. The third kappa shape index (κ3) is 3.15. The summed E-state index contributed by atoms with van der Waals surface area (Å²) in [6.07, 6.45) is 1.62. The fraction of sp³-hybridized carbons (Fsp3) is 0.417. The molecule has 16 heavy (non-hydrogen) atoms. The lowest BCUT2D eigenvalue weighted by atomic mass is 10.1. The summed E-state index contributed by atoms with van der Waals surface area (Å²) in [5.74, 6) is 1.43. The highest BCUT2D eigenvalue weighted by atomic mass is 16.5. The Bertz CT molecular complexity index is 352. The van der Waals surface area contributed by atoms with Gasteiger partial charge in [0, 0.05) is 13.6 Å². The van der Waals surface area contributed by atoms with Crippen molar-refractivity contribution in [3.63, 3.8) is 0 Å². The maximum absolute atomic E-state index is 10.4. The van der Waals surface area contributed by atoms with Gasteiger partial charge in [-0.3, -0.25) is 4.79 Å². The molecule has 0 spiro atoms. The largest absolute Gasteiger partial charge is 0.493 e. The Morgan fingerprint density at radius 1 is 1.25 bits per heavy atom. The minimum atomic E-state index is 0.693. The first kappa shape index (κ1) is 12.4. The number of ether oxygens (including phenoxy) is 2. The fourth-order valence-electron chi connectivity index (χ4n) is 1.39. The van der Waals surface area contributed by atoms with E-state index in [1.54, 1.807) is 26.2 Å².